The van der Waals surface area contributed by atoms with Gasteiger partial charge >= 0.3 is 0 Å². The lowest BCUT2D eigenvalue weighted by Crippen LogP contribution is -2.42. The van der Waals surface area contributed by atoms with Gasteiger partial charge in [-0.25, -0.2) is 9.37 Å². The number of carbonyl (C=O) groups excluding carboxylic acids is 1. The zero-order valence-corrected chi connectivity index (χ0v) is 16.6. The number of carbonyl (C=O) groups is 1. The number of thiazole rings is 1. The van der Waals surface area contributed by atoms with Crippen LogP contribution in [0.1, 0.15) is 40.3 Å². The van der Waals surface area contributed by atoms with E-state index in [1.54, 1.807) is 12.1 Å². The van der Waals surface area contributed by atoms with Gasteiger partial charge in [0.15, 0.2) is 0 Å². The van der Waals surface area contributed by atoms with E-state index in [1.165, 1.54) is 17.4 Å². The summed E-state index contributed by atoms with van der Waals surface area (Å²) in [7, 11) is 0. The summed E-state index contributed by atoms with van der Waals surface area (Å²) < 4.78 is 13.8. The van der Waals surface area contributed by atoms with Gasteiger partial charge in [0.1, 0.15) is 11.5 Å². The molecule has 3 heterocycles. The minimum Gasteiger partial charge on any atom is -0.330 e. The molecule has 2 saturated heterocycles. The van der Waals surface area contributed by atoms with Gasteiger partial charge < -0.3 is 10.2 Å². The second kappa shape index (κ2) is 9.13. The molecule has 2 fully saturated rings. The second-order valence-corrected chi connectivity index (χ2v) is 7.43. The first-order valence-corrected chi connectivity index (χ1v) is 9.31. The molecule has 2 bridgehead atoms. The summed E-state index contributed by atoms with van der Waals surface area (Å²) in [5, 5.41) is 6.00. The summed E-state index contributed by atoms with van der Waals surface area (Å²) in [6.07, 6.45) is 3.59. The van der Waals surface area contributed by atoms with E-state index in [2.05, 4.69) is 10.3 Å². The van der Waals surface area contributed by atoms with Gasteiger partial charge in [-0.3, -0.25) is 4.79 Å². The highest BCUT2D eigenvalue weighted by Gasteiger charge is 2.39. The van der Waals surface area contributed by atoms with Crippen molar-refractivity contribution < 1.29 is 9.18 Å². The number of aromatic nitrogens is 1. The number of rotatable bonds is 3. The fourth-order valence-electron chi connectivity index (χ4n) is 3.74. The maximum Gasteiger partial charge on any atom is 0.273 e. The third-order valence-corrected chi connectivity index (χ3v) is 5.81. The van der Waals surface area contributed by atoms with Crippen LogP contribution in [0.25, 0.3) is 0 Å². The smallest absolute Gasteiger partial charge is 0.273 e. The van der Waals surface area contributed by atoms with Crippen LogP contribution in [0.3, 0.4) is 0 Å². The van der Waals surface area contributed by atoms with E-state index < -0.39 is 0 Å². The molecular formula is C18H22Cl2FN3OS. The number of amides is 1. The third kappa shape index (κ3) is 4.19. The maximum absolute atomic E-state index is 13.8. The fourth-order valence-corrected chi connectivity index (χ4v) is 4.53. The number of nitrogens with one attached hydrogen (secondary N) is 1. The van der Waals surface area contributed by atoms with Crippen LogP contribution in [0.4, 0.5) is 4.39 Å². The Hall–Kier alpha value is -1.21. The summed E-state index contributed by atoms with van der Waals surface area (Å²) in [4.78, 5) is 19.4. The molecule has 0 saturated carbocycles. The van der Waals surface area contributed by atoms with Gasteiger partial charge in [0, 0.05) is 30.4 Å². The van der Waals surface area contributed by atoms with Crippen molar-refractivity contribution in [3.8, 4) is 0 Å². The highest BCUT2D eigenvalue weighted by atomic mass is 35.5. The summed E-state index contributed by atoms with van der Waals surface area (Å²) in [5.41, 5.74) is 1.12. The van der Waals surface area contributed by atoms with Crippen molar-refractivity contribution in [2.24, 2.45) is 0 Å². The number of fused-ring (bicyclic) bond motifs is 2. The van der Waals surface area contributed by atoms with Crippen molar-refractivity contribution in [2.75, 3.05) is 13.1 Å². The molecule has 2 aliphatic rings. The molecule has 142 valence electrons. The van der Waals surface area contributed by atoms with E-state index in [0.29, 0.717) is 23.7 Å². The van der Waals surface area contributed by atoms with Gasteiger partial charge in [0.25, 0.3) is 5.91 Å². The van der Waals surface area contributed by atoms with Gasteiger partial charge in [0.2, 0.25) is 0 Å². The molecule has 0 spiro atoms. The Bertz CT molecular complexity index is 744. The number of halogens is 3. The SMILES string of the molecule is Cl.Cl.O=C(c1csc(Cc2ccccc2F)n1)N1C2CCNCC1CC2. The molecule has 4 rings (SSSR count). The van der Waals surface area contributed by atoms with Crippen molar-refractivity contribution in [1.29, 1.82) is 0 Å². The molecule has 2 aliphatic heterocycles. The largest absolute Gasteiger partial charge is 0.330 e. The molecule has 0 aliphatic carbocycles. The zero-order chi connectivity index (χ0) is 16.5. The molecule has 1 aromatic carbocycles. The highest BCUT2D eigenvalue weighted by Crippen LogP contribution is 2.30. The Labute approximate surface area is 169 Å². The molecular weight excluding hydrogens is 396 g/mol. The van der Waals surface area contributed by atoms with Crippen LogP contribution in [0.5, 0.6) is 0 Å². The van der Waals surface area contributed by atoms with E-state index in [0.717, 1.165) is 37.4 Å². The number of hydrogen-bond acceptors (Lipinski definition) is 4. The highest BCUT2D eigenvalue weighted by molar-refractivity contribution is 7.09. The summed E-state index contributed by atoms with van der Waals surface area (Å²) in [6, 6.07) is 7.32. The first kappa shape index (κ1) is 21.1. The lowest BCUT2D eigenvalue weighted by atomic mass is 10.1. The number of benzene rings is 1. The average molecular weight is 418 g/mol. The molecule has 2 unspecified atom stereocenters. The lowest BCUT2D eigenvalue weighted by Gasteiger charge is -2.27. The van der Waals surface area contributed by atoms with Crippen LogP contribution in [-0.4, -0.2) is 41.0 Å². The van der Waals surface area contributed by atoms with E-state index in [-0.39, 0.29) is 42.6 Å². The maximum atomic E-state index is 13.8. The van der Waals surface area contributed by atoms with Crippen LogP contribution in [0, 0.1) is 5.82 Å². The minimum absolute atomic E-state index is 0. The van der Waals surface area contributed by atoms with Crippen LogP contribution in [-0.2, 0) is 6.42 Å². The van der Waals surface area contributed by atoms with Gasteiger partial charge in [-0.1, -0.05) is 18.2 Å². The van der Waals surface area contributed by atoms with Crippen LogP contribution in [0.2, 0.25) is 0 Å². The lowest BCUT2D eigenvalue weighted by molar-refractivity contribution is 0.0675. The molecule has 26 heavy (non-hydrogen) atoms. The van der Waals surface area contributed by atoms with E-state index in [4.69, 9.17) is 0 Å². The normalized spacial score (nSPS) is 21.5. The van der Waals surface area contributed by atoms with Crippen molar-refractivity contribution in [1.82, 2.24) is 15.2 Å². The molecule has 0 radical (unpaired) electrons. The topological polar surface area (TPSA) is 45.2 Å². The summed E-state index contributed by atoms with van der Waals surface area (Å²) in [6.45, 7) is 1.84. The fraction of sp³-hybridized carbons (Fsp3) is 0.444. The first-order valence-electron chi connectivity index (χ1n) is 8.43. The van der Waals surface area contributed by atoms with E-state index >= 15 is 0 Å². The van der Waals surface area contributed by atoms with Crippen molar-refractivity contribution >= 4 is 42.1 Å². The van der Waals surface area contributed by atoms with Gasteiger partial charge in [-0.05, 0) is 37.4 Å². The Morgan fingerprint density at radius 1 is 1.23 bits per heavy atom. The molecule has 2 atom stereocenters. The van der Waals surface area contributed by atoms with E-state index in [1.807, 2.05) is 16.3 Å². The zero-order valence-electron chi connectivity index (χ0n) is 14.2. The predicted molar refractivity (Wildman–Crippen MR) is 106 cm³/mol. The van der Waals surface area contributed by atoms with E-state index in [9.17, 15) is 9.18 Å². The van der Waals surface area contributed by atoms with Crippen LogP contribution >= 0.6 is 36.2 Å². The van der Waals surface area contributed by atoms with Crippen molar-refractivity contribution in [2.45, 2.75) is 37.8 Å². The predicted octanol–water partition coefficient (Wildman–Crippen LogP) is 3.68. The van der Waals surface area contributed by atoms with Gasteiger partial charge in [0.05, 0.1) is 5.01 Å². The quantitative estimate of drug-likeness (QED) is 0.827. The Kier molecular flexibility index (Phi) is 7.41. The third-order valence-electron chi connectivity index (χ3n) is 4.96. The molecule has 2 aromatic rings. The minimum atomic E-state index is -0.225. The van der Waals surface area contributed by atoms with Gasteiger partial charge in [-0.15, -0.1) is 36.2 Å². The van der Waals surface area contributed by atoms with Crippen LogP contribution < -0.4 is 5.32 Å². The molecule has 1 amide bonds. The number of nitrogens with zero attached hydrogens (tertiary/aromatic N) is 2. The van der Waals surface area contributed by atoms with Crippen LogP contribution in [0.15, 0.2) is 29.6 Å². The molecule has 1 N–H and O–H groups in total. The monoisotopic (exact) mass is 417 g/mol. The van der Waals surface area contributed by atoms with Crippen molar-refractivity contribution in [3.05, 3.63) is 51.7 Å². The first-order chi connectivity index (χ1) is 11.7. The Morgan fingerprint density at radius 2 is 2.00 bits per heavy atom. The Balaban J connectivity index is 0.00000121. The Morgan fingerprint density at radius 3 is 2.81 bits per heavy atom. The standard InChI is InChI=1S/C18H20FN3OS.2ClH/c19-15-4-2-1-3-12(15)9-17-21-16(11-24-17)18(23)22-13-5-6-14(22)10-20-8-7-13;;/h1-4,11,13-14,20H,5-10H2;2*1H. The van der Waals surface area contributed by atoms with Gasteiger partial charge in [-0.2, -0.15) is 0 Å². The molecule has 4 nitrogen and oxygen atoms in total. The molecule has 8 heteroatoms. The molecule has 1 aromatic heterocycles. The average Bonchev–Trinajstić information content (AvgIpc) is 3.12. The summed E-state index contributed by atoms with van der Waals surface area (Å²) >= 11 is 1.43. The van der Waals surface area contributed by atoms with Crippen molar-refractivity contribution in [3.63, 3.8) is 0 Å². The number of hydrogen-bond donors (Lipinski definition) is 1. The second-order valence-electron chi connectivity index (χ2n) is 6.48. The summed E-state index contributed by atoms with van der Waals surface area (Å²) in [5.74, 6) is -0.195.